The van der Waals surface area contributed by atoms with Crippen LogP contribution in [0.1, 0.15) is 13.3 Å². The first kappa shape index (κ1) is 13.5. The summed E-state index contributed by atoms with van der Waals surface area (Å²) in [7, 11) is -3.51. The molecule has 1 N–H and O–H groups in total. The highest BCUT2D eigenvalue weighted by Crippen LogP contribution is 2.15. The molecule has 17 heavy (non-hydrogen) atoms. The van der Waals surface area contributed by atoms with Crippen LogP contribution in [0, 0.1) is 5.92 Å². The van der Waals surface area contributed by atoms with E-state index in [2.05, 4.69) is 17.9 Å². The first-order chi connectivity index (χ1) is 7.97. The number of hydrogen-bond donors (Lipinski definition) is 1. The van der Waals surface area contributed by atoms with Crippen molar-refractivity contribution in [2.75, 3.05) is 0 Å². The van der Waals surface area contributed by atoms with E-state index in [0.29, 0.717) is 12.1 Å². The maximum absolute atomic E-state index is 12.0. The van der Waals surface area contributed by atoms with Gasteiger partial charge in [0.2, 0.25) is 0 Å². The van der Waals surface area contributed by atoms with Gasteiger partial charge in [0.15, 0.2) is 0 Å². The van der Waals surface area contributed by atoms with Gasteiger partial charge in [-0.15, -0.1) is 6.58 Å². The van der Waals surface area contributed by atoms with Crippen molar-refractivity contribution in [1.29, 1.82) is 0 Å². The zero-order valence-electron chi connectivity index (χ0n) is 9.89. The van der Waals surface area contributed by atoms with Gasteiger partial charge in [0.25, 0.3) is 10.0 Å². The van der Waals surface area contributed by atoms with E-state index >= 15 is 0 Å². The van der Waals surface area contributed by atoms with Gasteiger partial charge in [0.1, 0.15) is 0 Å². The van der Waals surface area contributed by atoms with E-state index in [1.807, 2.05) is 6.92 Å². The van der Waals surface area contributed by atoms with E-state index in [1.54, 1.807) is 36.4 Å². The molecule has 0 saturated heterocycles. The molecule has 3 nitrogen and oxygen atoms in total. The SMILES string of the molecule is C=CC[C@H](C)C(=C)NS(=O)(=O)c1ccccc1. The summed E-state index contributed by atoms with van der Waals surface area (Å²) in [6.07, 6.45) is 2.43. The van der Waals surface area contributed by atoms with Crippen LogP contribution in [-0.2, 0) is 10.0 Å². The number of benzene rings is 1. The summed E-state index contributed by atoms with van der Waals surface area (Å²) in [6.45, 7) is 9.27. The van der Waals surface area contributed by atoms with Crippen molar-refractivity contribution in [1.82, 2.24) is 4.72 Å². The molecule has 0 saturated carbocycles. The first-order valence-electron chi connectivity index (χ1n) is 5.35. The van der Waals surface area contributed by atoms with Crippen molar-refractivity contribution in [2.24, 2.45) is 5.92 Å². The van der Waals surface area contributed by atoms with Crippen LogP contribution in [0.5, 0.6) is 0 Å². The second-order valence-electron chi connectivity index (χ2n) is 3.87. The van der Waals surface area contributed by atoms with E-state index in [0.717, 1.165) is 0 Å². The molecule has 0 amide bonds. The molecular formula is C13H17NO2S. The molecule has 1 aromatic carbocycles. The summed E-state index contributed by atoms with van der Waals surface area (Å²) in [6, 6.07) is 8.24. The Bertz CT molecular complexity index is 491. The van der Waals surface area contributed by atoms with Crippen molar-refractivity contribution >= 4 is 10.0 Å². The van der Waals surface area contributed by atoms with Crippen molar-refractivity contribution in [3.05, 3.63) is 55.3 Å². The molecule has 0 spiro atoms. The molecule has 1 atom stereocenters. The van der Waals surface area contributed by atoms with Gasteiger partial charge >= 0.3 is 0 Å². The fourth-order valence-electron chi connectivity index (χ4n) is 1.32. The number of hydrogen-bond acceptors (Lipinski definition) is 2. The number of allylic oxidation sites excluding steroid dienone is 2. The van der Waals surface area contributed by atoms with Crippen LogP contribution in [0.2, 0.25) is 0 Å². The molecule has 4 heteroatoms. The number of nitrogens with one attached hydrogen (secondary N) is 1. The minimum Gasteiger partial charge on any atom is -0.284 e. The van der Waals surface area contributed by atoms with Gasteiger partial charge in [-0.05, 0) is 24.5 Å². The minimum absolute atomic E-state index is 0.0333. The predicted octanol–water partition coefficient (Wildman–Crippen LogP) is 2.69. The van der Waals surface area contributed by atoms with Crippen LogP contribution in [-0.4, -0.2) is 8.42 Å². The van der Waals surface area contributed by atoms with Gasteiger partial charge < -0.3 is 0 Å². The monoisotopic (exact) mass is 251 g/mol. The fourth-order valence-corrected chi connectivity index (χ4v) is 2.50. The Morgan fingerprint density at radius 1 is 1.41 bits per heavy atom. The zero-order chi connectivity index (χ0) is 12.9. The lowest BCUT2D eigenvalue weighted by Crippen LogP contribution is -2.25. The lowest BCUT2D eigenvalue weighted by Gasteiger charge is -2.15. The van der Waals surface area contributed by atoms with Gasteiger partial charge in [-0.3, -0.25) is 4.72 Å². The van der Waals surface area contributed by atoms with E-state index in [4.69, 9.17) is 0 Å². The highest BCUT2D eigenvalue weighted by Gasteiger charge is 2.16. The molecule has 0 aliphatic carbocycles. The van der Waals surface area contributed by atoms with Gasteiger partial charge in [-0.25, -0.2) is 8.42 Å². The van der Waals surface area contributed by atoms with Crippen LogP contribution in [0.15, 0.2) is 60.2 Å². The van der Waals surface area contributed by atoms with Gasteiger partial charge in [-0.2, -0.15) is 0 Å². The molecule has 0 aromatic heterocycles. The summed E-state index contributed by atoms with van der Waals surface area (Å²) < 4.78 is 26.4. The Labute approximate surface area is 103 Å². The van der Waals surface area contributed by atoms with Crippen molar-refractivity contribution in [2.45, 2.75) is 18.2 Å². The Morgan fingerprint density at radius 3 is 2.53 bits per heavy atom. The molecule has 0 aliphatic heterocycles. The molecule has 1 aromatic rings. The smallest absolute Gasteiger partial charge is 0.261 e. The van der Waals surface area contributed by atoms with E-state index in [1.165, 1.54) is 0 Å². The summed E-state index contributed by atoms with van der Waals surface area (Å²) in [5.74, 6) is 0.0333. The molecule has 0 fully saturated rings. The fraction of sp³-hybridized carbons (Fsp3) is 0.231. The van der Waals surface area contributed by atoms with Crippen molar-refractivity contribution < 1.29 is 8.42 Å². The molecule has 0 radical (unpaired) electrons. The van der Waals surface area contributed by atoms with E-state index < -0.39 is 10.0 Å². The Kier molecular flexibility index (Phi) is 4.52. The number of sulfonamides is 1. The Morgan fingerprint density at radius 2 is 2.00 bits per heavy atom. The molecule has 0 bridgehead atoms. The van der Waals surface area contributed by atoms with Gasteiger partial charge in [0.05, 0.1) is 4.90 Å². The summed E-state index contributed by atoms with van der Waals surface area (Å²) in [4.78, 5) is 0.243. The molecule has 92 valence electrons. The second kappa shape index (κ2) is 5.68. The van der Waals surface area contributed by atoms with Crippen molar-refractivity contribution in [3.8, 4) is 0 Å². The lowest BCUT2D eigenvalue weighted by atomic mass is 10.1. The highest BCUT2D eigenvalue weighted by molar-refractivity contribution is 7.89. The molecule has 1 rings (SSSR count). The average molecular weight is 251 g/mol. The van der Waals surface area contributed by atoms with E-state index in [-0.39, 0.29) is 10.8 Å². The van der Waals surface area contributed by atoms with Crippen LogP contribution in [0.3, 0.4) is 0 Å². The molecule has 0 heterocycles. The third kappa shape index (κ3) is 3.75. The summed E-state index contributed by atoms with van der Waals surface area (Å²) >= 11 is 0. The third-order valence-corrected chi connectivity index (χ3v) is 3.86. The van der Waals surface area contributed by atoms with Gasteiger partial charge in [0, 0.05) is 5.70 Å². The van der Waals surface area contributed by atoms with Crippen molar-refractivity contribution in [3.63, 3.8) is 0 Å². The minimum atomic E-state index is -3.51. The molecule has 0 unspecified atom stereocenters. The van der Waals surface area contributed by atoms with E-state index in [9.17, 15) is 8.42 Å². The Hall–Kier alpha value is -1.55. The topological polar surface area (TPSA) is 46.2 Å². The third-order valence-electron chi connectivity index (χ3n) is 2.43. The summed E-state index contributed by atoms with van der Waals surface area (Å²) in [5, 5.41) is 0. The molecular weight excluding hydrogens is 234 g/mol. The van der Waals surface area contributed by atoms with Gasteiger partial charge in [-0.1, -0.05) is 37.8 Å². The number of rotatable bonds is 6. The van der Waals surface area contributed by atoms with Crippen LogP contribution in [0.25, 0.3) is 0 Å². The quantitative estimate of drug-likeness (QED) is 0.790. The standard InChI is InChI=1S/C13H17NO2S/c1-4-8-11(2)12(3)14-17(15,16)13-9-6-5-7-10-13/h4-7,9-11,14H,1,3,8H2,2H3/t11-/m0/s1. The van der Waals surface area contributed by atoms with Crippen LogP contribution < -0.4 is 4.72 Å². The average Bonchev–Trinajstić information content (AvgIpc) is 2.30. The maximum atomic E-state index is 12.0. The largest absolute Gasteiger partial charge is 0.284 e. The van der Waals surface area contributed by atoms with Crippen LogP contribution in [0.4, 0.5) is 0 Å². The summed E-state index contributed by atoms with van der Waals surface area (Å²) in [5.41, 5.74) is 0.480. The molecule has 0 aliphatic rings. The lowest BCUT2D eigenvalue weighted by molar-refractivity contribution is 0.578. The van der Waals surface area contributed by atoms with Crippen LogP contribution >= 0.6 is 0 Å². The predicted molar refractivity (Wildman–Crippen MR) is 69.9 cm³/mol. The second-order valence-corrected chi connectivity index (χ2v) is 5.55. The zero-order valence-corrected chi connectivity index (χ0v) is 10.7. The maximum Gasteiger partial charge on any atom is 0.261 e. The highest BCUT2D eigenvalue weighted by atomic mass is 32.2. The normalized spacial score (nSPS) is 12.8. The first-order valence-corrected chi connectivity index (χ1v) is 6.83. The Balaban J connectivity index is 2.81.